The molecule has 1 amide bonds. The summed E-state index contributed by atoms with van der Waals surface area (Å²) in [5, 5.41) is 23.1. The fourth-order valence-corrected chi connectivity index (χ4v) is 9.28. The first-order valence-electron chi connectivity index (χ1n) is 29.5. The van der Waals surface area contributed by atoms with Crippen molar-refractivity contribution in [2.45, 2.75) is 341 Å². The maximum atomic E-state index is 12.4. The van der Waals surface area contributed by atoms with Crippen LogP contribution in [0.5, 0.6) is 0 Å². The largest absolute Gasteiger partial charge is 0.466 e. The van der Waals surface area contributed by atoms with Gasteiger partial charge >= 0.3 is 5.97 Å². The minimum absolute atomic E-state index is 0.0133. The number of carbonyl (C=O) groups is 2. The lowest BCUT2D eigenvalue weighted by atomic mass is 10.0. The zero-order valence-corrected chi connectivity index (χ0v) is 44.0. The molecule has 2 atom stereocenters. The molecule has 0 saturated heterocycles. The number of nitrogens with one attached hydrogen (secondary N) is 1. The van der Waals surface area contributed by atoms with Crippen molar-refractivity contribution in [1.29, 1.82) is 0 Å². The molecule has 65 heavy (non-hydrogen) atoms. The highest BCUT2D eigenvalue weighted by atomic mass is 16.5. The standard InChI is InChI=1S/C59H115NO5/c1-3-5-7-9-11-13-15-17-28-31-35-39-43-47-51-57(62)56(55-61)60-58(63)52-48-44-40-36-32-29-25-23-21-19-18-20-22-24-26-30-34-38-42-46-50-54-65-59(64)53-49-45-41-37-33-27-16-14-12-10-8-6-4-2/h47,51,56-57,61-62H,3-46,48-50,52-55H2,1-2H3,(H,60,63)/b51-47+. The number of hydrogen-bond acceptors (Lipinski definition) is 5. The molecule has 0 spiro atoms. The Kier molecular flexibility index (Phi) is 54.0. The summed E-state index contributed by atoms with van der Waals surface area (Å²) in [6, 6.07) is -0.627. The molecule has 0 aliphatic rings. The molecule has 0 aromatic rings. The van der Waals surface area contributed by atoms with Gasteiger partial charge in [-0.25, -0.2) is 0 Å². The van der Waals surface area contributed by atoms with Crippen molar-refractivity contribution in [3.63, 3.8) is 0 Å². The zero-order chi connectivity index (χ0) is 47.2. The fraction of sp³-hybridized carbons (Fsp3) is 0.932. The van der Waals surface area contributed by atoms with Crippen LogP contribution in [0.1, 0.15) is 328 Å². The van der Waals surface area contributed by atoms with Crippen molar-refractivity contribution in [3.05, 3.63) is 12.2 Å². The van der Waals surface area contributed by atoms with Gasteiger partial charge in [0.1, 0.15) is 0 Å². The van der Waals surface area contributed by atoms with Gasteiger partial charge in [-0.1, -0.05) is 296 Å². The van der Waals surface area contributed by atoms with Crippen molar-refractivity contribution >= 4 is 11.9 Å². The molecule has 0 bridgehead atoms. The Morgan fingerprint density at radius 2 is 0.708 bits per heavy atom. The molecule has 2 unspecified atom stereocenters. The third-order valence-corrected chi connectivity index (χ3v) is 13.8. The fourth-order valence-electron chi connectivity index (χ4n) is 9.28. The molecule has 0 aromatic carbocycles. The van der Waals surface area contributed by atoms with Crippen molar-refractivity contribution in [3.8, 4) is 0 Å². The number of unbranched alkanes of at least 4 members (excludes halogenated alkanes) is 44. The van der Waals surface area contributed by atoms with Crippen molar-refractivity contribution in [2.24, 2.45) is 0 Å². The predicted molar refractivity (Wildman–Crippen MR) is 283 cm³/mol. The molecule has 6 nitrogen and oxygen atoms in total. The Bertz CT molecular complexity index is 970. The summed E-state index contributed by atoms with van der Waals surface area (Å²) in [6.45, 7) is 4.92. The summed E-state index contributed by atoms with van der Waals surface area (Å²) in [5.74, 6) is -0.0540. The first-order valence-corrected chi connectivity index (χ1v) is 29.5. The van der Waals surface area contributed by atoms with Gasteiger partial charge in [0.05, 0.1) is 25.4 Å². The highest BCUT2D eigenvalue weighted by Gasteiger charge is 2.18. The molecule has 0 radical (unpaired) electrons. The lowest BCUT2D eigenvalue weighted by molar-refractivity contribution is -0.143. The second-order valence-corrected chi connectivity index (χ2v) is 20.3. The lowest BCUT2D eigenvalue weighted by Gasteiger charge is -2.20. The molecule has 0 aliphatic heterocycles. The normalized spacial score (nSPS) is 12.6. The third kappa shape index (κ3) is 51.8. The van der Waals surface area contributed by atoms with E-state index in [1.54, 1.807) is 6.08 Å². The van der Waals surface area contributed by atoms with Crippen LogP contribution in [-0.2, 0) is 14.3 Å². The quantitative estimate of drug-likeness (QED) is 0.0321. The van der Waals surface area contributed by atoms with E-state index in [9.17, 15) is 19.8 Å². The average Bonchev–Trinajstić information content (AvgIpc) is 3.31. The minimum atomic E-state index is -0.843. The Labute approximate surface area is 406 Å². The van der Waals surface area contributed by atoms with Gasteiger partial charge in [-0.15, -0.1) is 0 Å². The first-order chi connectivity index (χ1) is 32.0. The maximum absolute atomic E-state index is 12.4. The molecule has 3 N–H and O–H groups in total. The molecule has 6 heteroatoms. The van der Waals surface area contributed by atoms with Crippen LogP contribution < -0.4 is 5.32 Å². The second kappa shape index (κ2) is 55.2. The van der Waals surface area contributed by atoms with Gasteiger partial charge in [-0.05, 0) is 32.1 Å². The van der Waals surface area contributed by atoms with Crippen molar-refractivity contribution in [1.82, 2.24) is 5.32 Å². The number of ether oxygens (including phenoxy) is 1. The highest BCUT2D eigenvalue weighted by molar-refractivity contribution is 5.76. The van der Waals surface area contributed by atoms with Crippen LogP contribution in [0.2, 0.25) is 0 Å². The van der Waals surface area contributed by atoms with Gasteiger partial charge in [-0.3, -0.25) is 9.59 Å². The smallest absolute Gasteiger partial charge is 0.305 e. The summed E-state index contributed by atoms with van der Waals surface area (Å²) in [6.07, 6.45) is 65.2. The molecule has 0 rings (SSSR count). The van der Waals surface area contributed by atoms with Gasteiger partial charge in [-0.2, -0.15) is 0 Å². The van der Waals surface area contributed by atoms with E-state index in [1.807, 2.05) is 6.08 Å². The summed E-state index contributed by atoms with van der Waals surface area (Å²) in [4.78, 5) is 24.5. The second-order valence-electron chi connectivity index (χ2n) is 20.3. The number of carbonyl (C=O) groups excluding carboxylic acids is 2. The van der Waals surface area contributed by atoms with Gasteiger partial charge in [0.15, 0.2) is 0 Å². The Balaban J connectivity index is 3.39. The maximum Gasteiger partial charge on any atom is 0.305 e. The molecule has 386 valence electrons. The van der Waals surface area contributed by atoms with Crippen molar-refractivity contribution in [2.75, 3.05) is 13.2 Å². The number of aliphatic hydroxyl groups is 2. The van der Waals surface area contributed by atoms with Gasteiger partial charge in [0.2, 0.25) is 5.91 Å². The number of aliphatic hydroxyl groups excluding tert-OH is 2. The topological polar surface area (TPSA) is 95.9 Å². The number of rotatable bonds is 55. The third-order valence-electron chi connectivity index (χ3n) is 13.8. The van der Waals surface area contributed by atoms with Crippen LogP contribution >= 0.6 is 0 Å². The number of hydrogen-bond donors (Lipinski definition) is 3. The summed E-state index contributed by atoms with van der Waals surface area (Å²) in [7, 11) is 0. The van der Waals surface area contributed by atoms with Gasteiger partial charge < -0.3 is 20.3 Å². The molecule has 0 saturated carbocycles. The zero-order valence-electron chi connectivity index (χ0n) is 44.0. The van der Waals surface area contributed by atoms with Crippen LogP contribution in [0.3, 0.4) is 0 Å². The van der Waals surface area contributed by atoms with E-state index < -0.39 is 12.1 Å². The predicted octanol–water partition coefficient (Wildman–Crippen LogP) is 18.1. The molecular formula is C59H115NO5. The molecule has 0 aliphatic carbocycles. The van der Waals surface area contributed by atoms with E-state index in [2.05, 4.69) is 19.2 Å². The first kappa shape index (κ1) is 63.6. The monoisotopic (exact) mass is 918 g/mol. The number of amides is 1. The number of esters is 1. The van der Waals surface area contributed by atoms with E-state index in [-0.39, 0.29) is 18.5 Å². The van der Waals surface area contributed by atoms with Crippen LogP contribution in [0.25, 0.3) is 0 Å². The van der Waals surface area contributed by atoms with E-state index >= 15 is 0 Å². The van der Waals surface area contributed by atoms with E-state index in [1.165, 1.54) is 263 Å². The Hall–Kier alpha value is -1.40. The molecular weight excluding hydrogens is 803 g/mol. The minimum Gasteiger partial charge on any atom is -0.466 e. The summed E-state index contributed by atoms with van der Waals surface area (Å²) >= 11 is 0. The van der Waals surface area contributed by atoms with E-state index in [4.69, 9.17) is 4.74 Å². The lowest BCUT2D eigenvalue weighted by Crippen LogP contribution is -2.45. The van der Waals surface area contributed by atoms with Crippen molar-refractivity contribution < 1.29 is 24.5 Å². The SMILES string of the molecule is CCCCCCCCCCCCCC/C=C/C(O)C(CO)NC(=O)CCCCCCCCCCCCCCCCCCCCCCCOC(=O)CCCCCCCCCCCCCCC. The van der Waals surface area contributed by atoms with Crippen LogP contribution in [0.15, 0.2) is 12.2 Å². The Morgan fingerprint density at radius 1 is 0.415 bits per heavy atom. The van der Waals surface area contributed by atoms with Crippen LogP contribution in [0.4, 0.5) is 0 Å². The molecule has 0 heterocycles. The summed E-state index contributed by atoms with van der Waals surface area (Å²) in [5.41, 5.74) is 0. The van der Waals surface area contributed by atoms with Crippen LogP contribution in [-0.4, -0.2) is 47.4 Å². The number of allylic oxidation sites excluding steroid dienone is 1. The highest BCUT2D eigenvalue weighted by Crippen LogP contribution is 2.18. The molecule has 0 fully saturated rings. The average molecular weight is 919 g/mol. The molecule has 0 aromatic heterocycles. The van der Waals surface area contributed by atoms with E-state index in [0.29, 0.717) is 19.4 Å². The summed E-state index contributed by atoms with van der Waals surface area (Å²) < 4.78 is 5.48. The van der Waals surface area contributed by atoms with E-state index in [0.717, 1.165) is 38.5 Å². The van der Waals surface area contributed by atoms with Crippen LogP contribution in [0, 0.1) is 0 Å². The van der Waals surface area contributed by atoms with Gasteiger partial charge in [0.25, 0.3) is 0 Å². The Morgan fingerprint density at radius 3 is 1.05 bits per heavy atom. The van der Waals surface area contributed by atoms with Gasteiger partial charge in [0, 0.05) is 12.8 Å².